The minimum atomic E-state index is -0.115. The highest BCUT2D eigenvalue weighted by Crippen LogP contribution is 2.43. The molecule has 0 bridgehead atoms. The van der Waals surface area contributed by atoms with Gasteiger partial charge in [-0.15, -0.1) is 0 Å². The van der Waals surface area contributed by atoms with Crippen LogP contribution in [0.4, 0.5) is 34.1 Å². The molecule has 4 heterocycles. The van der Waals surface area contributed by atoms with Crippen molar-refractivity contribution in [2.45, 2.75) is 26.2 Å². The molecular weight excluding hydrogens is 779 g/mol. The van der Waals surface area contributed by atoms with E-state index in [0.717, 1.165) is 61.5 Å². The molecule has 6 aromatic carbocycles. The fraction of sp³-hybridized carbons (Fsp3) is 0.0741. The van der Waals surface area contributed by atoms with E-state index in [1.807, 2.05) is 97.3 Å². The summed E-state index contributed by atoms with van der Waals surface area (Å²) in [5, 5.41) is 2.14. The number of aromatic nitrogens is 5. The SMILES string of the molecule is CC(C)(C)c1cnc(-n2c3cc(N(c4ccccc4)c4cccc(Oc5ccccn5)c4)ccc3c3ccc(N(c4ccccc4)c4cccc(Oc5ccccn5)c4)cc32)nc1. The van der Waals surface area contributed by atoms with Crippen molar-refractivity contribution in [2.75, 3.05) is 9.80 Å². The average molecular weight is 822 g/mol. The largest absolute Gasteiger partial charge is 0.439 e. The molecule has 0 radical (unpaired) electrons. The molecule has 0 saturated carbocycles. The Balaban J connectivity index is 1.15. The van der Waals surface area contributed by atoms with Crippen LogP contribution in [0.3, 0.4) is 0 Å². The Hall–Kier alpha value is -8.30. The molecule has 0 unspecified atom stereocenters. The monoisotopic (exact) mass is 821 g/mol. The molecule has 9 nitrogen and oxygen atoms in total. The third kappa shape index (κ3) is 8.03. The van der Waals surface area contributed by atoms with Gasteiger partial charge in [0.05, 0.1) is 11.0 Å². The van der Waals surface area contributed by atoms with Gasteiger partial charge in [0.25, 0.3) is 0 Å². The van der Waals surface area contributed by atoms with Crippen LogP contribution in [0.5, 0.6) is 23.3 Å². The van der Waals surface area contributed by atoms with Gasteiger partial charge in [0.2, 0.25) is 17.7 Å². The minimum absolute atomic E-state index is 0.115. The zero-order valence-corrected chi connectivity index (χ0v) is 35.1. The van der Waals surface area contributed by atoms with Crippen LogP contribution < -0.4 is 19.3 Å². The van der Waals surface area contributed by atoms with Gasteiger partial charge < -0.3 is 19.3 Å². The van der Waals surface area contributed by atoms with Crippen LogP contribution in [0.25, 0.3) is 27.8 Å². The summed E-state index contributed by atoms with van der Waals surface area (Å²) in [6, 6.07) is 61.3. The van der Waals surface area contributed by atoms with Gasteiger partial charge in [-0.3, -0.25) is 4.57 Å². The molecule has 0 fully saturated rings. The zero-order chi connectivity index (χ0) is 42.8. The second-order valence-electron chi connectivity index (χ2n) is 16.1. The van der Waals surface area contributed by atoms with Crippen molar-refractivity contribution in [1.82, 2.24) is 24.5 Å². The molecule has 0 N–H and O–H groups in total. The van der Waals surface area contributed by atoms with E-state index in [2.05, 4.69) is 142 Å². The standard InChI is InChI=1S/C54H43N7O2/c1-54(2,3)38-36-57-53(58-37-38)61-49-34-43(59(39-16-6-4-7-17-39)41-20-14-22-45(32-41)62-51-24-10-12-30-55-51)26-28-47(49)48-29-27-44(35-50(48)61)60(40-18-8-5-9-19-40)42-21-15-23-46(33-42)63-52-25-11-13-31-56-52/h4-37H,1-3H3. The maximum Gasteiger partial charge on any atom is 0.234 e. The molecule has 9 heteroatoms. The summed E-state index contributed by atoms with van der Waals surface area (Å²) in [5.41, 5.74) is 8.62. The Morgan fingerprint density at radius 3 is 1.27 bits per heavy atom. The lowest BCUT2D eigenvalue weighted by molar-refractivity contribution is 0.463. The van der Waals surface area contributed by atoms with Gasteiger partial charge in [-0.05, 0) is 95.9 Å². The quantitative estimate of drug-likeness (QED) is 0.128. The Labute approximate surface area is 366 Å². The molecule has 4 aromatic heterocycles. The van der Waals surface area contributed by atoms with E-state index >= 15 is 0 Å². The lowest BCUT2D eigenvalue weighted by Crippen LogP contribution is -2.13. The summed E-state index contributed by atoms with van der Waals surface area (Å²) in [4.78, 5) is 23.3. The lowest BCUT2D eigenvalue weighted by atomic mass is 9.89. The molecule has 0 amide bonds. The zero-order valence-electron chi connectivity index (χ0n) is 35.1. The Bertz CT molecular complexity index is 2970. The minimum Gasteiger partial charge on any atom is -0.439 e. The first kappa shape index (κ1) is 38.9. The van der Waals surface area contributed by atoms with E-state index in [4.69, 9.17) is 19.4 Å². The Morgan fingerprint density at radius 1 is 0.413 bits per heavy atom. The van der Waals surface area contributed by atoms with E-state index in [0.29, 0.717) is 29.2 Å². The van der Waals surface area contributed by atoms with Gasteiger partial charge in [-0.2, -0.15) is 0 Å². The van der Waals surface area contributed by atoms with Crippen molar-refractivity contribution in [3.63, 3.8) is 0 Å². The van der Waals surface area contributed by atoms with E-state index in [-0.39, 0.29) is 5.41 Å². The van der Waals surface area contributed by atoms with E-state index in [1.165, 1.54) is 0 Å². The van der Waals surface area contributed by atoms with Gasteiger partial charge in [0, 0.05) is 93.9 Å². The highest BCUT2D eigenvalue weighted by Gasteiger charge is 2.22. The molecule has 0 aliphatic carbocycles. The first-order valence-corrected chi connectivity index (χ1v) is 20.9. The van der Waals surface area contributed by atoms with Crippen LogP contribution in [0.15, 0.2) is 207 Å². The predicted molar refractivity (Wildman–Crippen MR) is 253 cm³/mol. The molecule has 0 atom stereocenters. The van der Waals surface area contributed by atoms with Crippen molar-refractivity contribution >= 4 is 55.9 Å². The van der Waals surface area contributed by atoms with Crippen LogP contribution in [-0.4, -0.2) is 24.5 Å². The molecule has 306 valence electrons. The molecule has 10 aromatic rings. The average Bonchev–Trinajstić information content (AvgIpc) is 3.63. The normalized spacial score (nSPS) is 11.4. The summed E-state index contributed by atoms with van der Waals surface area (Å²) >= 11 is 0. The van der Waals surface area contributed by atoms with Crippen LogP contribution in [0.1, 0.15) is 26.3 Å². The third-order valence-corrected chi connectivity index (χ3v) is 10.9. The van der Waals surface area contributed by atoms with Crippen LogP contribution in [0, 0.1) is 0 Å². The molecule has 10 rings (SSSR count). The fourth-order valence-corrected chi connectivity index (χ4v) is 7.79. The summed E-state index contributed by atoms with van der Waals surface area (Å²) in [5.74, 6) is 2.99. The van der Waals surface area contributed by atoms with E-state index < -0.39 is 0 Å². The number of rotatable bonds is 11. The third-order valence-electron chi connectivity index (χ3n) is 10.9. The molecule has 63 heavy (non-hydrogen) atoms. The number of nitrogens with zero attached hydrogens (tertiary/aromatic N) is 7. The van der Waals surface area contributed by atoms with Crippen LogP contribution >= 0.6 is 0 Å². The topological polar surface area (TPSA) is 81.4 Å². The second kappa shape index (κ2) is 16.6. The number of hydrogen-bond acceptors (Lipinski definition) is 8. The number of para-hydroxylation sites is 2. The van der Waals surface area contributed by atoms with Gasteiger partial charge in [-0.1, -0.05) is 93.6 Å². The number of anilines is 6. The maximum absolute atomic E-state index is 6.22. The number of fused-ring (bicyclic) bond motifs is 3. The van der Waals surface area contributed by atoms with Gasteiger partial charge in [0.15, 0.2) is 0 Å². The maximum atomic E-state index is 6.22. The number of benzene rings is 6. The molecule has 0 aliphatic rings. The lowest BCUT2D eigenvalue weighted by Gasteiger charge is -2.26. The summed E-state index contributed by atoms with van der Waals surface area (Å²) < 4.78 is 14.6. The molecule has 0 saturated heterocycles. The number of ether oxygens (including phenoxy) is 2. The first-order valence-electron chi connectivity index (χ1n) is 20.9. The van der Waals surface area contributed by atoms with Gasteiger partial charge in [0.1, 0.15) is 11.5 Å². The highest BCUT2D eigenvalue weighted by atomic mass is 16.5. The van der Waals surface area contributed by atoms with Gasteiger partial charge in [-0.25, -0.2) is 19.9 Å². The molecular formula is C54H43N7O2. The van der Waals surface area contributed by atoms with E-state index in [9.17, 15) is 0 Å². The van der Waals surface area contributed by atoms with Crippen molar-refractivity contribution in [3.05, 3.63) is 212 Å². The number of hydrogen-bond donors (Lipinski definition) is 0. The summed E-state index contributed by atoms with van der Waals surface area (Å²) in [6.07, 6.45) is 7.34. The van der Waals surface area contributed by atoms with Gasteiger partial charge >= 0.3 is 0 Å². The van der Waals surface area contributed by atoms with Crippen molar-refractivity contribution in [2.24, 2.45) is 0 Å². The van der Waals surface area contributed by atoms with Crippen molar-refractivity contribution in [1.29, 1.82) is 0 Å². The van der Waals surface area contributed by atoms with Crippen molar-refractivity contribution < 1.29 is 9.47 Å². The second-order valence-corrected chi connectivity index (χ2v) is 16.1. The Morgan fingerprint density at radius 2 is 0.841 bits per heavy atom. The highest BCUT2D eigenvalue weighted by molar-refractivity contribution is 6.11. The number of pyridine rings is 2. The summed E-state index contributed by atoms with van der Waals surface area (Å²) in [6.45, 7) is 6.52. The Kier molecular flexibility index (Phi) is 10.3. The first-order chi connectivity index (χ1) is 30.9. The molecule has 0 spiro atoms. The summed E-state index contributed by atoms with van der Waals surface area (Å²) in [7, 11) is 0. The van der Waals surface area contributed by atoms with Crippen LogP contribution in [-0.2, 0) is 5.41 Å². The fourth-order valence-electron chi connectivity index (χ4n) is 7.79. The predicted octanol–water partition coefficient (Wildman–Crippen LogP) is 14.2. The smallest absolute Gasteiger partial charge is 0.234 e. The van der Waals surface area contributed by atoms with E-state index in [1.54, 1.807) is 12.4 Å². The van der Waals surface area contributed by atoms with Crippen LogP contribution in [0.2, 0.25) is 0 Å². The molecule has 0 aliphatic heterocycles. The van der Waals surface area contributed by atoms with Crippen molar-refractivity contribution in [3.8, 4) is 29.2 Å².